The minimum absolute atomic E-state index is 0.0612. The lowest BCUT2D eigenvalue weighted by Gasteiger charge is -2.43. The molecule has 2 fully saturated rings. The van der Waals surface area contributed by atoms with Crippen molar-refractivity contribution in [1.29, 1.82) is 0 Å². The summed E-state index contributed by atoms with van der Waals surface area (Å²) < 4.78 is 44.7. The van der Waals surface area contributed by atoms with Crippen LogP contribution in [0.1, 0.15) is 67.1 Å². The number of primary amides is 1. The second-order valence-electron chi connectivity index (χ2n) is 9.80. The van der Waals surface area contributed by atoms with Crippen molar-refractivity contribution in [1.82, 2.24) is 14.9 Å². The molecule has 0 aliphatic heterocycles. The highest BCUT2D eigenvalue weighted by Gasteiger charge is 2.51. The summed E-state index contributed by atoms with van der Waals surface area (Å²) >= 11 is 0. The van der Waals surface area contributed by atoms with Gasteiger partial charge >= 0.3 is 12.3 Å². The van der Waals surface area contributed by atoms with Crippen molar-refractivity contribution in [2.45, 2.75) is 74.7 Å². The highest BCUT2D eigenvalue weighted by atomic mass is 19.4. The molecule has 2 saturated carbocycles. The fraction of sp³-hybridized carbons (Fsp3) is 0.520. The fourth-order valence-corrected chi connectivity index (χ4v) is 4.92. The van der Waals surface area contributed by atoms with Gasteiger partial charge in [-0.05, 0) is 63.1 Å². The summed E-state index contributed by atoms with van der Waals surface area (Å²) in [5.74, 6) is -0.249. The minimum atomic E-state index is -4.84. The van der Waals surface area contributed by atoms with E-state index in [1.807, 2.05) is 4.90 Å². The van der Waals surface area contributed by atoms with Crippen LogP contribution in [0.3, 0.4) is 0 Å². The third kappa shape index (κ3) is 5.16. The van der Waals surface area contributed by atoms with Crippen molar-refractivity contribution < 1.29 is 32.6 Å². The highest BCUT2D eigenvalue weighted by molar-refractivity contribution is 5.95. The summed E-state index contributed by atoms with van der Waals surface area (Å²) in [6.45, 7) is 0.749. The van der Waals surface area contributed by atoms with Gasteiger partial charge in [0, 0.05) is 41.7 Å². The lowest BCUT2D eigenvalue weighted by Crippen LogP contribution is -2.48. The van der Waals surface area contributed by atoms with Gasteiger partial charge in [0.25, 0.3) is 5.91 Å². The van der Waals surface area contributed by atoms with E-state index >= 15 is 0 Å². The Bertz CT molecular complexity index is 1080. The van der Waals surface area contributed by atoms with E-state index in [1.54, 1.807) is 18.6 Å². The van der Waals surface area contributed by atoms with Gasteiger partial charge in [-0.2, -0.15) is 13.2 Å². The largest absolute Gasteiger partial charge is 0.449 e. The van der Waals surface area contributed by atoms with Gasteiger partial charge in [-0.25, -0.2) is 4.79 Å². The lowest BCUT2D eigenvalue weighted by molar-refractivity contribution is -0.258. The number of halogens is 3. The molecule has 194 valence electrons. The molecule has 2 aromatic rings. The summed E-state index contributed by atoms with van der Waals surface area (Å²) in [6.07, 6.45) is 3.23. The molecule has 8 nitrogen and oxygen atoms in total. The normalized spacial score (nSPS) is 24.0. The first-order valence-electron chi connectivity index (χ1n) is 11.9. The van der Waals surface area contributed by atoms with E-state index in [0.717, 1.165) is 25.0 Å². The molecule has 36 heavy (non-hydrogen) atoms. The third-order valence-electron chi connectivity index (χ3n) is 7.32. The van der Waals surface area contributed by atoms with Crippen LogP contribution in [0.5, 0.6) is 0 Å². The average molecular weight is 507 g/mol. The number of carbonyl (C=O) groups excluding carboxylic acids is 2. The van der Waals surface area contributed by atoms with Gasteiger partial charge in [-0.3, -0.25) is 14.8 Å². The number of hydrogen-bond donors (Lipinski definition) is 2. The van der Waals surface area contributed by atoms with Crippen molar-refractivity contribution in [2.24, 2.45) is 5.73 Å². The van der Waals surface area contributed by atoms with Crippen LogP contribution in [0.25, 0.3) is 0 Å². The van der Waals surface area contributed by atoms with Crippen LogP contribution >= 0.6 is 0 Å². The van der Waals surface area contributed by atoms with Crippen LogP contribution in [0.15, 0.2) is 42.9 Å². The molecule has 0 bridgehead atoms. The Morgan fingerprint density at radius 1 is 1.11 bits per heavy atom. The Morgan fingerprint density at radius 3 is 2.22 bits per heavy atom. The Kier molecular flexibility index (Phi) is 6.96. The summed E-state index contributed by atoms with van der Waals surface area (Å²) in [5, 5.41) is 9.92. The number of ether oxygens (including phenoxy) is 1. The van der Waals surface area contributed by atoms with E-state index in [1.165, 1.54) is 12.1 Å². The number of nitrogens with two attached hydrogens (primary N) is 1. The van der Waals surface area contributed by atoms with Crippen LogP contribution in [0.2, 0.25) is 0 Å². The average Bonchev–Trinajstić information content (AvgIpc) is 3.69. The Labute approximate surface area is 206 Å². The molecule has 1 heterocycles. The summed E-state index contributed by atoms with van der Waals surface area (Å²) in [6, 6.07) is 4.95. The van der Waals surface area contributed by atoms with E-state index in [4.69, 9.17) is 10.5 Å². The SMILES string of the molecule is C[C@](O)(c1ccc(C(=O)N(C2CC2)C2CCC(COC(N)=O)(c3cnccn3)CC2)cc1)C(F)(F)F. The standard InChI is InChI=1S/C25H29F3N4O4/c1-23(35,25(26,27)28)17-4-2-16(3-5-17)21(33)32(18-6-7-18)19-8-10-24(11-9-19,15-36-22(29)34)20-14-30-12-13-31-20/h2-5,12-14,18-19,35H,6-11,15H2,1H3,(H2,29,34)/t19?,23-,24?/m0/s1. The predicted molar refractivity (Wildman–Crippen MR) is 123 cm³/mol. The Morgan fingerprint density at radius 2 is 1.72 bits per heavy atom. The molecule has 11 heteroatoms. The molecule has 1 atom stereocenters. The van der Waals surface area contributed by atoms with Crippen LogP contribution in [0.4, 0.5) is 18.0 Å². The lowest BCUT2D eigenvalue weighted by atomic mass is 9.70. The molecular formula is C25H29F3N4O4. The van der Waals surface area contributed by atoms with E-state index < -0.39 is 23.3 Å². The van der Waals surface area contributed by atoms with Crippen molar-refractivity contribution in [3.8, 4) is 0 Å². The number of nitrogens with zero attached hydrogens (tertiary/aromatic N) is 3. The van der Waals surface area contributed by atoms with Gasteiger partial charge in [0.15, 0.2) is 5.60 Å². The number of aliphatic hydroxyl groups is 1. The molecular weight excluding hydrogens is 477 g/mol. The van der Waals surface area contributed by atoms with Crippen molar-refractivity contribution >= 4 is 12.0 Å². The molecule has 0 unspecified atom stereocenters. The van der Waals surface area contributed by atoms with Crippen molar-refractivity contribution in [3.63, 3.8) is 0 Å². The summed E-state index contributed by atoms with van der Waals surface area (Å²) in [5.41, 5.74) is 2.27. The van der Waals surface area contributed by atoms with Gasteiger partial charge in [-0.15, -0.1) is 0 Å². The number of aromatic nitrogens is 2. The number of amides is 2. The second-order valence-corrected chi connectivity index (χ2v) is 9.80. The number of alkyl halides is 3. The molecule has 0 radical (unpaired) electrons. The second kappa shape index (κ2) is 9.68. The van der Waals surface area contributed by atoms with Crippen LogP contribution in [0, 0.1) is 0 Å². The number of benzene rings is 1. The van der Waals surface area contributed by atoms with Crippen LogP contribution < -0.4 is 5.73 Å². The minimum Gasteiger partial charge on any atom is -0.449 e. The highest BCUT2D eigenvalue weighted by Crippen LogP contribution is 2.43. The number of rotatable bonds is 7. The Balaban J connectivity index is 1.51. The maximum Gasteiger partial charge on any atom is 0.421 e. The van der Waals surface area contributed by atoms with Gasteiger partial charge in [0.05, 0.1) is 5.69 Å². The van der Waals surface area contributed by atoms with E-state index in [2.05, 4.69) is 9.97 Å². The first kappa shape index (κ1) is 25.9. The third-order valence-corrected chi connectivity index (χ3v) is 7.32. The van der Waals surface area contributed by atoms with E-state index in [-0.39, 0.29) is 35.7 Å². The molecule has 0 spiro atoms. The molecule has 2 aliphatic rings. The quantitative estimate of drug-likeness (QED) is 0.589. The molecule has 0 saturated heterocycles. The monoisotopic (exact) mass is 506 g/mol. The van der Waals surface area contributed by atoms with Gasteiger partial charge in [0.2, 0.25) is 0 Å². The van der Waals surface area contributed by atoms with Crippen molar-refractivity contribution in [2.75, 3.05) is 6.61 Å². The molecule has 2 amide bonds. The first-order valence-corrected chi connectivity index (χ1v) is 11.9. The van der Waals surface area contributed by atoms with E-state index in [0.29, 0.717) is 38.3 Å². The summed E-state index contributed by atoms with van der Waals surface area (Å²) in [7, 11) is 0. The van der Waals surface area contributed by atoms with Gasteiger partial charge in [0.1, 0.15) is 6.61 Å². The molecule has 3 N–H and O–H groups in total. The molecule has 1 aromatic heterocycles. The number of carbonyl (C=O) groups is 2. The zero-order chi connectivity index (χ0) is 26.1. The summed E-state index contributed by atoms with van der Waals surface area (Å²) in [4.78, 5) is 35.2. The van der Waals surface area contributed by atoms with Gasteiger partial charge < -0.3 is 20.5 Å². The zero-order valence-corrected chi connectivity index (χ0v) is 19.9. The maximum absolute atomic E-state index is 13.5. The molecule has 1 aromatic carbocycles. The molecule has 4 rings (SSSR count). The van der Waals surface area contributed by atoms with E-state index in [9.17, 15) is 27.9 Å². The van der Waals surface area contributed by atoms with Crippen LogP contribution in [-0.2, 0) is 15.8 Å². The smallest absolute Gasteiger partial charge is 0.421 e. The maximum atomic E-state index is 13.5. The Hall–Kier alpha value is -3.21. The molecule has 2 aliphatic carbocycles. The predicted octanol–water partition coefficient (Wildman–Crippen LogP) is 3.83. The van der Waals surface area contributed by atoms with Crippen molar-refractivity contribution in [3.05, 3.63) is 59.7 Å². The van der Waals surface area contributed by atoms with Gasteiger partial charge in [-0.1, -0.05) is 12.1 Å². The fourth-order valence-electron chi connectivity index (χ4n) is 4.92. The van der Waals surface area contributed by atoms with Crippen LogP contribution in [-0.4, -0.2) is 56.8 Å². The number of hydrogen-bond acceptors (Lipinski definition) is 6. The first-order chi connectivity index (χ1) is 16.9. The topological polar surface area (TPSA) is 119 Å². The zero-order valence-electron chi connectivity index (χ0n) is 19.9.